The Balaban J connectivity index is 1.82. The molecule has 0 bridgehead atoms. The quantitative estimate of drug-likeness (QED) is 0.552. The van der Waals surface area contributed by atoms with E-state index in [1.807, 2.05) is 12.1 Å². The van der Waals surface area contributed by atoms with E-state index in [9.17, 15) is 5.11 Å². The highest BCUT2D eigenvalue weighted by atomic mass is 16.3. The molecule has 0 radical (unpaired) electrons. The molecular formula is C26H28O. The monoisotopic (exact) mass is 356 g/mol. The lowest BCUT2D eigenvalue weighted by Gasteiger charge is -2.35. The van der Waals surface area contributed by atoms with Crippen molar-refractivity contribution in [3.05, 3.63) is 101 Å². The summed E-state index contributed by atoms with van der Waals surface area (Å²) in [6.45, 7) is 6.77. The molecule has 3 aromatic rings. The zero-order valence-corrected chi connectivity index (χ0v) is 16.4. The first-order chi connectivity index (χ1) is 12.9. The van der Waals surface area contributed by atoms with Crippen molar-refractivity contribution in [2.45, 2.75) is 50.9 Å². The minimum absolute atomic E-state index is 0.160. The summed E-state index contributed by atoms with van der Waals surface area (Å²) in [5.74, 6) is 1.16. The van der Waals surface area contributed by atoms with Crippen LogP contribution in [0.5, 0.6) is 5.75 Å². The fraction of sp³-hybridized carbons (Fsp3) is 0.308. The predicted molar refractivity (Wildman–Crippen MR) is 113 cm³/mol. The second-order valence-electron chi connectivity index (χ2n) is 8.79. The Morgan fingerprint density at radius 3 is 2.19 bits per heavy atom. The van der Waals surface area contributed by atoms with Gasteiger partial charge < -0.3 is 5.11 Å². The van der Waals surface area contributed by atoms with Gasteiger partial charge in [0.2, 0.25) is 0 Å². The van der Waals surface area contributed by atoms with Crippen molar-refractivity contribution >= 4 is 0 Å². The van der Waals surface area contributed by atoms with Crippen molar-refractivity contribution in [2.24, 2.45) is 0 Å². The van der Waals surface area contributed by atoms with Crippen LogP contribution >= 0.6 is 0 Å². The summed E-state index contributed by atoms with van der Waals surface area (Å²) in [5.41, 5.74) is 6.94. The van der Waals surface area contributed by atoms with Crippen LogP contribution in [0.4, 0.5) is 0 Å². The van der Waals surface area contributed by atoms with Gasteiger partial charge in [0.1, 0.15) is 5.75 Å². The van der Waals surface area contributed by atoms with E-state index in [0.29, 0.717) is 17.6 Å². The summed E-state index contributed by atoms with van der Waals surface area (Å²) in [4.78, 5) is 0. The largest absolute Gasteiger partial charge is 0.508 e. The number of hydrogen-bond donors (Lipinski definition) is 1. The van der Waals surface area contributed by atoms with Crippen LogP contribution in [0.15, 0.2) is 72.8 Å². The van der Waals surface area contributed by atoms with Crippen molar-refractivity contribution in [3.8, 4) is 5.75 Å². The standard InChI is InChI=1S/C26H28O/c1-26(2,3)21-12-9-19(10-13-21)25-23(18-7-5-4-6-8-18)15-11-20-17-22(27)14-16-24(20)25/h4-10,12-14,16-17,23,25,27H,11,15H2,1-3H3/t23-,25+/m1/s1. The molecule has 1 aliphatic carbocycles. The molecule has 0 heterocycles. The molecule has 0 unspecified atom stereocenters. The molecule has 1 heteroatoms. The number of phenolic OH excluding ortho intramolecular Hbond substituents is 1. The number of phenols is 1. The van der Waals surface area contributed by atoms with Gasteiger partial charge in [0.25, 0.3) is 0 Å². The molecule has 0 spiro atoms. The Hall–Kier alpha value is -2.54. The van der Waals surface area contributed by atoms with Crippen LogP contribution in [0.1, 0.15) is 66.8 Å². The number of benzene rings is 3. The van der Waals surface area contributed by atoms with Crippen LogP contribution in [-0.4, -0.2) is 5.11 Å². The summed E-state index contributed by atoms with van der Waals surface area (Å²) >= 11 is 0. The average molecular weight is 357 g/mol. The van der Waals surface area contributed by atoms with E-state index in [1.54, 1.807) is 0 Å². The Labute approximate surface area is 162 Å². The van der Waals surface area contributed by atoms with Gasteiger partial charge in [-0.05, 0) is 64.1 Å². The minimum Gasteiger partial charge on any atom is -0.508 e. The molecule has 0 saturated carbocycles. The molecule has 0 aliphatic heterocycles. The lowest BCUT2D eigenvalue weighted by atomic mass is 9.69. The van der Waals surface area contributed by atoms with E-state index < -0.39 is 0 Å². The Morgan fingerprint density at radius 2 is 1.52 bits per heavy atom. The Kier molecular flexibility index (Phi) is 4.55. The summed E-state index contributed by atoms with van der Waals surface area (Å²) in [6.07, 6.45) is 2.12. The molecule has 0 fully saturated rings. The molecule has 27 heavy (non-hydrogen) atoms. The lowest BCUT2D eigenvalue weighted by molar-refractivity contribution is 0.469. The van der Waals surface area contributed by atoms with Gasteiger partial charge in [-0.1, -0.05) is 81.4 Å². The topological polar surface area (TPSA) is 20.2 Å². The van der Waals surface area contributed by atoms with E-state index in [4.69, 9.17) is 0 Å². The van der Waals surface area contributed by atoms with Crippen LogP contribution in [0.25, 0.3) is 0 Å². The van der Waals surface area contributed by atoms with Gasteiger partial charge in [0.05, 0.1) is 0 Å². The maximum absolute atomic E-state index is 9.95. The van der Waals surface area contributed by atoms with Crippen molar-refractivity contribution in [2.75, 3.05) is 0 Å². The number of aromatic hydroxyl groups is 1. The van der Waals surface area contributed by atoms with Gasteiger partial charge in [0.15, 0.2) is 0 Å². The SMILES string of the molecule is CC(C)(C)c1ccc([C@@H]2c3ccc(O)cc3CC[C@@H]2c2ccccc2)cc1. The second-order valence-corrected chi connectivity index (χ2v) is 8.79. The van der Waals surface area contributed by atoms with Crippen LogP contribution in [0.3, 0.4) is 0 Å². The van der Waals surface area contributed by atoms with Crippen LogP contribution in [0, 0.1) is 0 Å². The van der Waals surface area contributed by atoms with Crippen LogP contribution in [0.2, 0.25) is 0 Å². The van der Waals surface area contributed by atoms with Gasteiger partial charge in [-0.15, -0.1) is 0 Å². The molecule has 1 N–H and O–H groups in total. The van der Waals surface area contributed by atoms with Crippen molar-refractivity contribution in [3.63, 3.8) is 0 Å². The Bertz CT molecular complexity index is 917. The molecule has 1 aliphatic rings. The fourth-order valence-electron chi connectivity index (χ4n) is 4.47. The molecule has 138 valence electrons. The summed E-state index contributed by atoms with van der Waals surface area (Å²) < 4.78 is 0. The van der Waals surface area contributed by atoms with Gasteiger partial charge >= 0.3 is 0 Å². The lowest BCUT2D eigenvalue weighted by Crippen LogP contribution is -2.20. The minimum atomic E-state index is 0.160. The van der Waals surface area contributed by atoms with E-state index in [2.05, 4.69) is 81.4 Å². The third-order valence-corrected chi connectivity index (χ3v) is 5.95. The van der Waals surface area contributed by atoms with Crippen molar-refractivity contribution in [1.82, 2.24) is 0 Å². The number of fused-ring (bicyclic) bond motifs is 1. The highest BCUT2D eigenvalue weighted by Crippen LogP contribution is 2.47. The normalized spacial score (nSPS) is 19.5. The van der Waals surface area contributed by atoms with E-state index >= 15 is 0 Å². The van der Waals surface area contributed by atoms with E-state index in [0.717, 1.165) is 12.8 Å². The summed E-state index contributed by atoms with van der Waals surface area (Å²) in [7, 11) is 0. The zero-order valence-electron chi connectivity index (χ0n) is 16.4. The molecule has 4 rings (SSSR count). The third kappa shape index (κ3) is 3.51. The van der Waals surface area contributed by atoms with Crippen molar-refractivity contribution < 1.29 is 5.11 Å². The maximum atomic E-state index is 9.95. The molecule has 0 aromatic heterocycles. The second kappa shape index (κ2) is 6.88. The maximum Gasteiger partial charge on any atom is 0.115 e. The molecule has 3 aromatic carbocycles. The van der Waals surface area contributed by atoms with Crippen molar-refractivity contribution in [1.29, 1.82) is 0 Å². The smallest absolute Gasteiger partial charge is 0.115 e. The third-order valence-electron chi connectivity index (χ3n) is 5.95. The number of aryl methyl sites for hydroxylation is 1. The van der Waals surface area contributed by atoms with Gasteiger partial charge in [0, 0.05) is 5.92 Å². The zero-order chi connectivity index (χ0) is 19.0. The van der Waals surface area contributed by atoms with E-state index in [-0.39, 0.29) is 5.41 Å². The molecular weight excluding hydrogens is 328 g/mol. The number of hydrogen-bond acceptors (Lipinski definition) is 1. The fourth-order valence-corrected chi connectivity index (χ4v) is 4.47. The predicted octanol–water partition coefficient (Wildman–Crippen LogP) is 6.55. The van der Waals surface area contributed by atoms with Gasteiger partial charge in [-0.3, -0.25) is 0 Å². The number of rotatable bonds is 2. The molecule has 0 amide bonds. The van der Waals surface area contributed by atoms with Crippen LogP contribution in [-0.2, 0) is 11.8 Å². The molecule has 0 saturated heterocycles. The average Bonchev–Trinajstić information content (AvgIpc) is 2.67. The molecule has 2 atom stereocenters. The molecule has 1 nitrogen and oxygen atoms in total. The van der Waals surface area contributed by atoms with E-state index in [1.165, 1.54) is 27.8 Å². The highest BCUT2D eigenvalue weighted by molar-refractivity contribution is 5.48. The first kappa shape index (κ1) is 17.9. The van der Waals surface area contributed by atoms with Gasteiger partial charge in [-0.2, -0.15) is 0 Å². The Morgan fingerprint density at radius 1 is 0.815 bits per heavy atom. The summed E-state index contributed by atoms with van der Waals surface area (Å²) in [6, 6.07) is 26.0. The first-order valence-electron chi connectivity index (χ1n) is 9.90. The highest BCUT2D eigenvalue weighted by Gasteiger charge is 2.32. The summed E-state index contributed by atoms with van der Waals surface area (Å²) in [5, 5.41) is 9.95. The van der Waals surface area contributed by atoms with Gasteiger partial charge in [-0.25, -0.2) is 0 Å². The first-order valence-corrected chi connectivity index (χ1v) is 9.90. The van der Waals surface area contributed by atoms with Crippen LogP contribution < -0.4 is 0 Å².